The highest BCUT2D eigenvalue weighted by Gasteiger charge is 2.30. The van der Waals surface area contributed by atoms with Gasteiger partial charge in [0, 0.05) is 16.8 Å². The van der Waals surface area contributed by atoms with Gasteiger partial charge in [0.15, 0.2) is 0 Å². The quantitative estimate of drug-likeness (QED) is 0.306. The smallest absolute Gasteiger partial charge is 0.126 e. The normalized spacial score (nSPS) is 14.2. The van der Waals surface area contributed by atoms with E-state index in [2.05, 4.69) is 55.2 Å². The number of nitrogens with zero attached hydrogens (tertiary/aromatic N) is 1. The number of hydrogen-bond acceptors (Lipinski definition) is 1. The maximum atomic E-state index is 14.0. The zero-order valence-electron chi connectivity index (χ0n) is 18.9. The van der Waals surface area contributed by atoms with E-state index in [0.29, 0.717) is 24.0 Å². The topological polar surface area (TPSA) is 14.2 Å². The molecule has 1 radical (unpaired) electrons. The molecule has 1 aromatic heterocycles. The molecule has 3 aromatic carbocycles. The molecule has 1 aliphatic rings. The highest BCUT2D eigenvalue weighted by Crippen LogP contribution is 2.46. The highest BCUT2D eigenvalue weighted by molar-refractivity contribution is 5.89. The number of hydrogen-bond donors (Lipinski definition) is 0. The molecule has 1 fully saturated rings. The molecule has 0 aliphatic heterocycles. The van der Waals surface area contributed by atoms with Crippen molar-refractivity contribution in [1.82, 2.24) is 4.57 Å². The van der Waals surface area contributed by atoms with Gasteiger partial charge in [-0.25, -0.2) is 4.39 Å². The maximum absolute atomic E-state index is 14.0. The molecule has 0 atom stereocenters. The summed E-state index contributed by atoms with van der Waals surface area (Å²) in [6.07, 6.45) is 4.57. The fourth-order valence-corrected chi connectivity index (χ4v) is 4.76. The maximum Gasteiger partial charge on any atom is 0.126 e. The molecule has 1 heterocycles. The Kier molecular flexibility index (Phi) is 5.50. The van der Waals surface area contributed by atoms with E-state index in [0.717, 1.165) is 35.4 Å². The van der Waals surface area contributed by atoms with Gasteiger partial charge in [-0.05, 0) is 91.1 Å². The SMILES string of the molecule is Cc1cc(-n2c(C(C)C)c(C3C[CH]C3)c3cc(OCc4ccccc4)ccc32)ccc1F. The molecule has 2 nitrogen and oxygen atoms in total. The van der Waals surface area contributed by atoms with Crippen molar-refractivity contribution in [2.24, 2.45) is 0 Å². The first-order valence-electron chi connectivity index (χ1n) is 11.5. The van der Waals surface area contributed by atoms with Gasteiger partial charge < -0.3 is 9.30 Å². The van der Waals surface area contributed by atoms with E-state index in [9.17, 15) is 4.39 Å². The lowest BCUT2D eigenvalue weighted by molar-refractivity contribution is 0.306. The minimum atomic E-state index is -0.165. The van der Waals surface area contributed by atoms with Crippen molar-refractivity contribution in [2.75, 3.05) is 0 Å². The van der Waals surface area contributed by atoms with Crippen molar-refractivity contribution < 1.29 is 9.13 Å². The lowest BCUT2D eigenvalue weighted by Gasteiger charge is -2.28. The van der Waals surface area contributed by atoms with E-state index in [1.54, 1.807) is 6.07 Å². The molecule has 0 amide bonds. The van der Waals surface area contributed by atoms with E-state index >= 15 is 0 Å². The van der Waals surface area contributed by atoms with Crippen molar-refractivity contribution in [3.8, 4) is 11.4 Å². The molecule has 1 aliphatic carbocycles. The first-order chi connectivity index (χ1) is 15.5. The fourth-order valence-electron chi connectivity index (χ4n) is 4.76. The lowest BCUT2D eigenvalue weighted by atomic mass is 9.77. The molecular formula is C29H29FNO. The summed E-state index contributed by atoms with van der Waals surface area (Å²) in [6, 6.07) is 22.1. The molecule has 3 heteroatoms. The average Bonchev–Trinajstić information content (AvgIpc) is 3.08. The standard InChI is InChI=1S/C29H29FNO/c1-19(2)29-28(22-10-7-11-22)25-17-24(32-18-21-8-5-4-6-9-21)13-15-27(25)31(29)23-12-14-26(30)20(3)16-23/h4-9,12-17,19,22H,10-11,18H2,1-3H3. The third kappa shape index (κ3) is 3.70. The summed E-state index contributed by atoms with van der Waals surface area (Å²) < 4.78 is 22.5. The summed E-state index contributed by atoms with van der Waals surface area (Å²) in [5.74, 6) is 1.59. The van der Waals surface area contributed by atoms with Crippen LogP contribution in [-0.4, -0.2) is 4.57 Å². The van der Waals surface area contributed by atoms with Crippen molar-refractivity contribution in [3.05, 3.63) is 101 Å². The van der Waals surface area contributed by atoms with Gasteiger partial charge in [0.1, 0.15) is 18.2 Å². The van der Waals surface area contributed by atoms with Gasteiger partial charge in [-0.15, -0.1) is 0 Å². The van der Waals surface area contributed by atoms with Crippen LogP contribution in [0.5, 0.6) is 5.75 Å². The Morgan fingerprint density at radius 1 is 1.00 bits per heavy atom. The Labute approximate surface area is 189 Å². The second kappa shape index (κ2) is 8.46. The molecule has 32 heavy (non-hydrogen) atoms. The van der Waals surface area contributed by atoms with Gasteiger partial charge in [-0.3, -0.25) is 0 Å². The summed E-state index contributed by atoms with van der Waals surface area (Å²) in [5.41, 5.74) is 6.75. The third-order valence-corrected chi connectivity index (χ3v) is 6.52. The zero-order chi connectivity index (χ0) is 22.2. The fraction of sp³-hybridized carbons (Fsp3) is 0.276. The van der Waals surface area contributed by atoms with Crippen molar-refractivity contribution >= 4 is 10.9 Å². The Hall–Kier alpha value is -3.07. The zero-order valence-corrected chi connectivity index (χ0v) is 18.9. The summed E-state index contributed by atoms with van der Waals surface area (Å²) in [4.78, 5) is 0. The summed E-state index contributed by atoms with van der Waals surface area (Å²) in [5, 5.41) is 1.25. The number of aromatic nitrogens is 1. The average molecular weight is 427 g/mol. The van der Waals surface area contributed by atoms with Crippen LogP contribution in [0.15, 0.2) is 66.7 Å². The molecular weight excluding hydrogens is 397 g/mol. The number of aryl methyl sites for hydroxylation is 1. The lowest BCUT2D eigenvalue weighted by Crippen LogP contribution is -2.13. The van der Waals surface area contributed by atoms with Crippen LogP contribution in [0.3, 0.4) is 0 Å². The predicted octanol–water partition coefficient (Wildman–Crippen LogP) is 7.86. The molecule has 5 rings (SSSR count). The molecule has 0 unspecified atom stereocenters. The number of rotatable bonds is 6. The van der Waals surface area contributed by atoms with E-state index in [-0.39, 0.29) is 5.82 Å². The van der Waals surface area contributed by atoms with Gasteiger partial charge in [0.25, 0.3) is 0 Å². The molecule has 0 spiro atoms. The van der Waals surface area contributed by atoms with Crippen LogP contribution in [0.25, 0.3) is 16.6 Å². The van der Waals surface area contributed by atoms with Crippen LogP contribution in [-0.2, 0) is 6.61 Å². The van der Waals surface area contributed by atoms with E-state index < -0.39 is 0 Å². The molecule has 0 N–H and O–H groups in total. The molecule has 163 valence electrons. The number of benzene rings is 3. The van der Waals surface area contributed by atoms with Crippen molar-refractivity contribution in [3.63, 3.8) is 0 Å². The van der Waals surface area contributed by atoms with Gasteiger partial charge in [-0.2, -0.15) is 0 Å². The third-order valence-electron chi connectivity index (χ3n) is 6.52. The number of halogens is 1. The van der Waals surface area contributed by atoms with Crippen molar-refractivity contribution in [1.29, 1.82) is 0 Å². The predicted molar refractivity (Wildman–Crippen MR) is 129 cm³/mol. The monoisotopic (exact) mass is 426 g/mol. The summed E-state index contributed by atoms with van der Waals surface area (Å²) in [7, 11) is 0. The van der Waals surface area contributed by atoms with Crippen LogP contribution in [0.2, 0.25) is 0 Å². The molecule has 4 aromatic rings. The van der Waals surface area contributed by atoms with Gasteiger partial charge in [-0.1, -0.05) is 44.2 Å². The minimum absolute atomic E-state index is 0.165. The van der Waals surface area contributed by atoms with Crippen LogP contribution in [0, 0.1) is 19.2 Å². The van der Waals surface area contributed by atoms with Crippen LogP contribution >= 0.6 is 0 Å². The molecule has 0 saturated heterocycles. The van der Waals surface area contributed by atoms with Gasteiger partial charge in [0.2, 0.25) is 0 Å². The largest absolute Gasteiger partial charge is 0.489 e. The van der Waals surface area contributed by atoms with Crippen LogP contribution in [0.1, 0.15) is 60.9 Å². The second-order valence-electron chi connectivity index (χ2n) is 9.13. The van der Waals surface area contributed by atoms with Gasteiger partial charge in [0.05, 0.1) is 5.52 Å². The highest BCUT2D eigenvalue weighted by atomic mass is 19.1. The van der Waals surface area contributed by atoms with Crippen LogP contribution in [0.4, 0.5) is 4.39 Å². The van der Waals surface area contributed by atoms with Gasteiger partial charge >= 0.3 is 0 Å². The van der Waals surface area contributed by atoms with E-state index in [1.807, 2.05) is 37.3 Å². The summed E-state index contributed by atoms with van der Waals surface area (Å²) >= 11 is 0. The molecule has 0 bridgehead atoms. The first kappa shape index (κ1) is 20.8. The number of ether oxygens (including phenoxy) is 1. The van der Waals surface area contributed by atoms with Crippen LogP contribution < -0.4 is 4.74 Å². The van der Waals surface area contributed by atoms with E-state index in [4.69, 9.17) is 4.74 Å². The Morgan fingerprint density at radius 2 is 1.78 bits per heavy atom. The molecule has 1 saturated carbocycles. The Balaban J connectivity index is 1.65. The Bertz CT molecular complexity index is 1250. The summed E-state index contributed by atoms with van der Waals surface area (Å²) in [6.45, 7) is 6.88. The van der Waals surface area contributed by atoms with Crippen molar-refractivity contribution in [2.45, 2.75) is 52.1 Å². The first-order valence-corrected chi connectivity index (χ1v) is 11.5. The minimum Gasteiger partial charge on any atom is -0.489 e. The number of fused-ring (bicyclic) bond motifs is 1. The second-order valence-corrected chi connectivity index (χ2v) is 9.13. The van der Waals surface area contributed by atoms with E-state index in [1.165, 1.54) is 16.6 Å². The Morgan fingerprint density at radius 3 is 2.44 bits per heavy atom.